The maximum atomic E-state index is 4.78. The Labute approximate surface area is 169 Å². The van der Waals surface area contributed by atoms with E-state index in [0.717, 1.165) is 70.0 Å². The molecule has 3 rings (SSSR count). The van der Waals surface area contributed by atoms with E-state index in [2.05, 4.69) is 69.5 Å². The summed E-state index contributed by atoms with van der Waals surface area (Å²) in [5.74, 6) is 2.29. The van der Waals surface area contributed by atoms with Crippen molar-refractivity contribution < 1.29 is 0 Å². The molecule has 0 aliphatic carbocycles. The number of para-hydroxylation sites is 1. The fourth-order valence-corrected chi connectivity index (χ4v) is 4.88. The van der Waals surface area contributed by atoms with Crippen LogP contribution in [0.4, 0.5) is 5.69 Å². The van der Waals surface area contributed by atoms with Crippen LogP contribution in [0.3, 0.4) is 0 Å². The number of guanidine groups is 1. The zero-order chi connectivity index (χ0) is 18.7. The number of benzene rings is 1. The fraction of sp³-hybridized carbons (Fsp3) is 0.667. The van der Waals surface area contributed by atoms with Gasteiger partial charge >= 0.3 is 0 Å². The third-order valence-corrected chi connectivity index (χ3v) is 6.64. The van der Waals surface area contributed by atoms with Crippen LogP contribution >= 0.6 is 11.8 Å². The Kier molecular flexibility index (Phi) is 8.62. The second-order valence-electron chi connectivity index (χ2n) is 7.30. The predicted octanol–water partition coefficient (Wildman–Crippen LogP) is 2.65. The largest absolute Gasteiger partial charge is 0.369 e. The first kappa shape index (κ1) is 20.3. The first-order chi connectivity index (χ1) is 13.3. The van der Waals surface area contributed by atoms with Gasteiger partial charge in [-0.05, 0) is 50.6 Å². The summed E-state index contributed by atoms with van der Waals surface area (Å²) in [6.07, 6.45) is 3.84. The molecule has 0 bridgehead atoms. The van der Waals surface area contributed by atoms with Crippen LogP contribution in [0.2, 0.25) is 0 Å². The number of hydrogen-bond donors (Lipinski definition) is 2. The molecule has 2 heterocycles. The molecule has 0 radical (unpaired) electrons. The third-order valence-electron chi connectivity index (χ3n) is 5.26. The number of nitrogens with zero attached hydrogens (tertiary/aromatic N) is 3. The van der Waals surface area contributed by atoms with Crippen LogP contribution in [-0.4, -0.2) is 74.2 Å². The highest BCUT2D eigenvalue weighted by Crippen LogP contribution is 2.26. The normalized spacial score (nSPS) is 21.4. The summed E-state index contributed by atoms with van der Waals surface area (Å²) in [6.45, 7) is 10.7. The molecule has 2 aliphatic rings. The Morgan fingerprint density at radius 2 is 1.96 bits per heavy atom. The first-order valence-electron chi connectivity index (χ1n) is 10.5. The lowest BCUT2D eigenvalue weighted by Gasteiger charge is -2.36. The molecule has 0 saturated carbocycles. The highest BCUT2D eigenvalue weighted by Gasteiger charge is 2.17. The van der Waals surface area contributed by atoms with Crippen LogP contribution in [0, 0.1) is 0 Å². The van der Waals surface area contributed by atoms with Gasteiger partial charge in [0.2, 0.25) is 0 Å². The number of nitrogens with one attached hydrogen (secondary N) is 2. The topological polar surface area (TPSA) is 42.9 Å². The molecule has 150 valence electrons. The molecule has 0 spiro atoms. The van der Waals surface area contributed by atoms with Gasteiger partial charge in [-0.3, -0.25) is 9.89 Å². The van der Waals surface area contributed by atoms with Crippen LogP contribution in [0.5, 0.6) is 0 Å². The number of aliphatic imine (C=N–C) groups is 1. The summed E-state index contributed by atoms with van der Waals surface area (Å²) in [5, 5.41) is 7.61. The molecule has 6 heteroatoms. The summed E-state index contributed by atoms with van der Waals surface area (Å²) in [5.41, 5.74) is 1.35. The van der Waals surface area contributed by atoms with E-state index in [4.69, 9.17) is 4.99 Å². The second-order valence-corrected chi connectivity index (χ2v) is 8.71. The van der Waals surface area contributed by atoms with Gasteiger partial charge in [-0.1, -0.05) is 18.2 Å². The number of rotatable bonds is 8. The van der Waals surface area contributed by atoms with E-state index in [1.807, 2.05) is 0 Å². The maximum absolute atomic E-state index is 4.78. The molecule has 2 N–H and O–H groups in total. The van der Waals surface area contributed by atoms with Crippen LogP contribution in [0.25, 0.3) is 0 Å². The Morgan fingerprint density at radius 1 is 1.15 bits per heavy atom. The van der Waals surface area contributed by atoms with Crippen molar-refractivity contribution in [3.05, 3.63) is 30.3 Å². The van der Waals surface area contributed by atoms with E-state index < -0.39 is 0 Å². The summed E-state index contributed by atoms with van der Waals surface area (Å²) in [7, 11) is 0. The van der Waals surface area contributed by atoms with Gasteiger partial charge in [-0.2, -0.15) is 11.8 Å². The van der Waals surface area contributed by atoms with Crippen LogP contribution in [0.1, 0.15) is 26.2 Å². The van der Waals surface area contributed by atoms with Gasteiger partial charge in [-0.25, -0.2) is 0 Å². The molecule has 2 fully saturated rings. The first-order valence-corrected chi connectivity index (χ1v) is 11.6. The highest BCUT2D eigenvalue weighted by molar-refractivity contribution is 8.00. The Hall–Kier alpha value is -1.40. The predicted molar refractivity (Wildman–Crippen MR) is 119 cm³/mol. The number of thioether (sulfide) groups is 1. The van der Waals surface area contributed by atoms with Gasteiger partial charge in [0.25, 0.3) is 0 Å². The monoisotopic (exact) mass is 389 g/mol. The molecule has 1 atom stereocenters. The van der Waals surface area contributed by atoms with Crippen molar-refractivity contribution in [2.24, 2.45) is 4.99 Å². The molecule has 1 aromatic rings. The lowest BCUT2D eigenvalue weighted by molar-refractivity contribution is 0.255. The SMILES string of the molecule is CCNC(=NCC1CCCS1)NCCCN1CCN(c2ccccc2)CC1. The maximum Gasteiger partial charge on any atom is 0.191 e. The summed E-state index contributed by atoms with van der Waals surface area (Å²) >= 11 is 2.07. The minimum Gasteiger partial charge on any atom is -0.369 e. The number of hydrogen-bond acceptors (Lipinski definition) is 4. The van der Waals surface area contributed by atoms with Gasteiger partial charge < -0.3 is 15.5 Å². The Bertz CT molecular complexity index is 551. The molecule has 1 aromatic carbocycles. The van der Waals surface area contributed by atoms with Gasteiger partial charge in [0.05, 0.1) is 6.54 Å². The van der Waals surface area contributed by atoms with Gasteiger partial charge in [0.15, 0.2) is 5.96 Å². The fourth-order valence-electron chi connectivity index (χ4n) is 3.70. The van der Waals surface area contributed by atoms with Gasteiger partial charge in [-0.15, -0.1) is 0 Å². The lowest BCUT2D eigenvalue weighted by atomic mass is 10.2. The molecule has 2 aliphatic heterocycles. The number of anilines is 1. The van der Waals surface area contributed by atoms with Crippen LogP contribution in [0.15, 0.2) is 35.3 Å². The van der Waals surface area contributed by atoms with Gasteiger partial charge in [0, 0.05) is 50.2 Å². The van der Waals surface area contributed by atoms with Crippen molar-refractivity contribution in [2.75, 3.05) is 63.0 Å². The van der Waals surface area contributed by atoms with Crippen molar-refractivity contribution >= 4 is 23.4 Å². The minimum absolute atomic E-state index is 0.723. The molecule has 2 saturated heterocycles. The zero-order valence-corrected chi connectivity index (χ0v) is 17.5. The Balaban J connectivity index is 1.31. The van der Waals surface area contributed by atoms with E-state index in [1.54, 1.807) is 0 Å². The van der Waals surface area contributed by atoms with E-state index in [1.165, 1.54) is 24.3 Å². The molecule has 0 amide bonds. The molecule has 1 unspecified atom stereocenters. The molecular weight excluding hydrogens is 354 g/mol. The van der Waals surface area contributed by atoms with Crippen molar-refractivity contribution in [3.8, 4) is 0 Å². The van der Waals surface area contributed by atoms with E-state index in [9.17, 15) is 0 Å². The molecule has 27 heavy (non-hydrogen) atoms. The van der Waals surface area contributed by atoms with Crippen LogP contribution < -0.4 is 15.5 Å². The Morgan fingerprint density at radius 3 is 2.67 bits per heavy atom. The lowest BCUT2D eigenvalue weighted by Crippen LogP contribution is -2.47. The molecular formula is C21H35N5S. The van der Waals surface area contributed by atoms with Gasteiger partial charge in [0.1, 0.15) is 0 Å². The van der Waals surface area contributed by atoms with Crippen molar-refractivity contribution in [1.29, 1.82) is 0 Å². The second kappa shape index (κ2) is 11.4. The van der Waals surface area contributed by atoms with Crippen molar-refractivity contribution in [1.82, 2.24) is 15.5 Å². The zero-order valence-electron chi connectivity index (χ0n) is 16.7. The summed E-state index contributed by atoms with van der Waals surface area (Å²) in [6, 6.07) is 10.8. The third kappa shape index (κ3) is 6.92. The summed E-state index contributed by atoms with van der Waals surface area (Å²) in [4.78, 5) is 9.85. The van der Waals surface area contributed by atoms with E-state index >= 15 is 0 Å². The average molecular weight is 390 g/mol. The average Bonchev–Trinajstić information content (AvgIpc) is 3.24. The number of piperazine rings is 1. The highest BCUT2D eigenvalue weighted by atomic mass is 32.2. The standard InChI is InChI=1S/C21H35N5S/c1-2-22-21(24-18-20-10-6-17-27-20)23-11-7-12-25-13-15-26(16-14-25)19-8-4-3-5-9-19/h3-5,8-9,20H,2,6-7,10-18H2,1H3,(H2,22,23,24). The van der Waals surface area contributed by atoms with Crippen molar-refractivity contribution in [3.63, 3.8) is 0 Å². The quantitative estimate of drug-likeness (QED) is 0.406. The van der Waals surface area contributed by atoms with Crippen molar-refractivity contribution in [2.45, 2.75) is 31.4 Å². The molecule has 5 nitrogen and oxygen atoms in total. The smallest absolute Gasteiger partial charge is 0.191 e. The minimum atomic E-state index is 0.723. The summed E-state index contributed by atoms with van der Waals surface area (Å²) < 4.78 is 0. The van der Waals surface area contributed by atoms with Crippen LogP contribution in [-0.2, 0) is 0 Å². The van der Waals surface area contributed by atoms with E-state index in [-0.39, 0.29) is 0 Å². The van der Waals surface area contributed by atoms with E-state index in [0.29, 0.717) is 0 Å². The molecule has 0 aromatic heterocycles.